The first kappa shape index (κ1) is 16.2. The molecule has 0 radical (unpaired) electrons. The molecule has 0 amide bonds. The molecule has 2 atom stereocenters. The summed E-state index contributed by atoms with van der Waals surface area (Å²) in [5.74, 6) is -1.12. The molecule has 1 aromatic rings. The van der Waals surface area contributed by atoms with Gasteiger partial charge in [-0.1, -0.05) is 6.92 Å². The lowest BCUT2D eigenvalue weighted by Crippen LogP contribution is -2.35. The van der Waals surface area contributed by atoms with Crippen molar-refractivity contribution in [2.45, 2.75) is 30.7 Å². The van der Waals surface area contributed by atoms with Gasteiger partial charge in [0.25, 0.3) is 0 Å². The van der Waals surface area contributed by atoms with Crippen LogP contribution in [0.25, 0.3) is 0 Å². The Morgan fingerprint density at radius 2 is 2.16 bits per heavy atom. The van der Waals surface area contributed by atoms with Gasteiger partial charge < -0.3 is 10.4 Å². The average Bonchev–Trinajstić information content (AvgIpc) is 2.39. The molecule has 0 saturated heterocycles. The maximum absolute atomic E-state index is 13.5. The highest BCUT2D eigenvalue weighted by atomic mass is 32.2. The van der Waals surface area contributed by atoms with Crippen molar-refractivity contribution in [3.8, 4) is 0 Å². The van der Waals surface area contributed by atoms with E-state index in [2.05, 4.69) is 5.32 Å². The van der Waals surface area contributed by atoms with Crippen LogP contribution in [0.5, 0.6) is 0 Å². The van der Waals surface area contributed by atoms with Crippen LogP contribution in [0, 0.1) is 11.6 Å². The zero-order valence-electron chi connectivity index (χ0n) is 10.9. The summed E-state index contributed by atoms with van der Waals surface area (Å²) in [4.78, 5) is -0.124. The Kier molecular flexibility index (Phi) is 7.12. The van der Waals surface area contributed by atoms with Crippen molar-refractivity contribution >= 4 is 10.8 Å². The Bertz CT molecular complexity index is 429. The highest BCUT2D eigenvalue weighted by Crippen LogP contribution is 2.15. The van der Waals surface area contributed by atoms with E-state index in [9.17, 15) is 13.0 Å². The molecule has 0 aliphatic carbocycles. The van der Waals surface area contributed by atoms with Gasteiger partial charge in [-0.3, -0.25) is 4.21 Å². The molecule has 3 nitrogen and oxygen atoms in total. The summed E-state index contributed by atoms with van der Waals surface area (Å²) < 4.78 is 38.6. The number of benzene rings is 1. The zero-order valence-corrected chi connectivity index (χ0v) is 11.7. The van der Waals surface area contributed by atoms with Crippen LogP contribution in [-0.4, -0.2) is 34.3 Å². The van der Waals surface area contributed by atoms with Gasteiger partial charge in [-0.15, -0.1) is 0 Å². The van der Waals surface area contributed by atoms with Crippen LogP contribution >= 0.6 is 0 Å². The molecule has 0 saturated carbocycles. The summed E-state index contributed by atoms with van der Waals surface area (Å²) in [6.07, 6.45) is 1.34. The molecular weight excluding hydrogens is 272 g/mol. The monoisotopic (exact) mass is 291 g/mol. The fourth-order valence-corrected chi connectivity index (χ4v) is 3.03. The van der Waals surface area contributed by atoms with Crippen molar-refractivity contribution in [2.75, 3.05) is 18.9 Å². The van der Waals surface area contributed by atoms with Crippen molar-refractivity contribution < 1.29 is 18.1 Å². The van der Waals surface area contributed by atoms with E-state index in [1.165, 1.54) is 0 Å². The first-order valence-electron chi connectivity index (χ1n) is 6.26. The third-order valence-corrected chi connectivity index (χ3v) is 4.16. The van der Waals surface area contributed by atoms with Crippen LogP contribution in [0.1, 0.15) is 19.8 Å². The quantitative estimate of drug-likeness (QED) is 0.768. The topological polar surface area (TPSA) is 49.3 Å². The largest absolute Gasteiger partial charge is 0.396 e. The van der Waals surface area contributed by atoms with E-state index in [0.29, 0.717) is 6.42 Å². The fraction of sp³-hybridized carbons (Fsp3) is 0.538. The number of aliphatic hydroxyl groups is 1. The number of nitrogens with one attached hydrogen (secondary N) is 1. The lowest BCUT2D eigenvalue weighted by atomic mass is 10.2. The minimum Gasteiger partial charge on any atom is -0.396 e. The van der Waals surface area contributed by atoms with Gasteiger partial charge in [0, 0.05) is 18.4 Å². The molecule has 6 heteroatoms. The number of halogens is 2. The molecule has 108 valence electrons. The number of rotatable bonds is 8. The minimum atomic E-state index is -1.63. The van der Waals surface area contributed by atoms with Crippen molar-refractivity contribution in [2.24, 2.45) is 0 Å². The molecule has 2 unspecified atom stereocenters. The maximum atomic E-state index is 13.5. The molecule has 0 heterocycles. The molecule has 0 aromatic heterocycles. The second-order valence-electron chi connectivity index (χ2n) is 4.25. The summed E-state index contributed by atoms with van der Waals surface area (Å²) in [6.45, 7) is 2.68. The van der Waals surface area contributed by atoms with Crippen molar-refractivity contribution in [1.82, 2.24) is 5.32 Å². The summed E-state index contributed by atoms with van der Waals surface area (Å²) in [5.41, 5.74) is 0. The van der Waals surface area contributed by atoms with Gasteiger partial charge in [0.15, 0.2) is 0 Å². The van der Waals surface area contributed by atoms with E-state index in [1.54, 1.807) is 0 Å². The normalized spacial score (nSPS) is 14.3. The van der Waals surface area contributed by atoms with Gasteiger partial charge in [-0.25, -0.2) is 8.78 Å². The molecule has 0 aliphatic rings. The standard InChI is InChI=1S/C13H19F2NO2S/c1-2-6-16-11(5-7-17)9-19(18)13-8-10(14)3-4-12(13)15/h3-4,8,11,16-17H,2,5-7,9H2,1H3. The molecule has 1 rings (SSSR count). The predicted octanol–water partition coefficient (Wildman–Crippen LogP) is 1.82. The van der Waals surface area contributed by atoms with Crippen molar-refractivity contribution in [3.05, 3.63) is 29.8 Å². The first-order chi connectivity index (χ1) is 9.08. The van der Waals surface area contributed by atoms with Crippen LogP contribution in [0.4, 0.5) is 8.78 Å². The summed E-state index contributed by atoms with van der Waals surface area (Å²) >= 11 is 0. The third-order valence-electron chi connectivity index (χ3n) is 2.65. The van der Waals surface area contributed by atoms with E-state index in [-0.39, 0.29) is 23.3 Å². The van der Waals surface area contributed by atoms with Gasteiger partial charge in [0.05, 0.1) is 15.7 Å². The molecule has 0 spiro atoms. The predicted molar refractivity (Wildman–Crippen MR) is 71.4 cm³/mol. The Morgan fingerprint density at radius 3 is 2.79 bits per heavy atom. The van der Waals surface area contributed by atoms with Crippen LogP contribution in [0.3, 0.4) is 0 Å². The molecule has 0 fully saturated rings. The molecule has 0 bridgehead atoms. The molecule has 0 aliphatic heterocycles. The second kappa shape index (κ2) is 8.35. The smallest absolute Gasteiger partial charge is 0.139 e. The third kappa shape index (κ3) is 5.34. The van der Waals surface area contributed by atoms with Crippen LogP contribution in [0.2, 0.25) is 0 Å². The highest BCUT2D eigenvalue weighted by molar-refractivity contribution is 7.85. The van der Waals surface area contributed by atoms with Crippen LogP contribution < -0.4 is 5.32 Å². The first-order valence-corrected chi connectivity index (χ1v) is 7.58. The molecular formula is C13H19F2NO2S. The van der Waals surface area contributed by atoms with Crippen molar-refractivity contribution in [3.63, 3.8) is 0 Å². The highest BCUT2D eigenvalue weighted by Gasteiger charge is 2.16. The van der Waals surface area contributed by atoms with Crippen LogP contribution in [-0.2, 0) is 10.8 Å². The zero-order chi connectivity index (χ0) is 14.3. The number of aliphatic hydroxyl groups excluding tert-OH is 1. The van der Waals surface area contributed by atoms with E-state index in [1.807, 2.05) is 6.92 Å². The van der Waals surface area contributed by atoms with E-state index in [4.69, 9.17) is 5.11 Å². The van der Waals surface area contributed by atoms with E-state index >= 15 is 0 Å². The minimum absolute atomic E-state index is 0.0375. The van der Waals surface area contributed by atoms with Gasteiger partial charge in [-0.05, 0) is 37.6 Å². The second-order valence-corrected chi connectivity index (χ2v) is 5.71. The summed E-state index contributed by atoms with van der Waals surface area (Å²) in [7, 11) is -1.63. The SMILES string of the molecule is CCCNC(CCO)CS(=O)c1cc(F)ccc1F. The summed E-state index contributed by atoms with van der Waals surface area (Å²) in [5, 5.41) is 12.1. The average molecular weight is 291 g/mol. The Labute approximate surface area is 114 Å². The van der Waals surface area contributed by atoms with Crippen LogP contribution in [0.15, 0.2) is 23.1 Å². The van der Waals surface area contributed by atoms with Crippen molar-refractivity contribution in [1.29, 1.82) is 0 Å². The number of hydrogen-bond donors (Lipinski definition) is 2. The lowest BCUT2D eigenvalue weighted by Gasteiger charge is -2.17. The fourth-order valence-electron chi connectivity index (χ4n) is 1.67. The van der Waals surface area contributed by atoms with Gasteiger partial charge in [0.2, 0.25) is 0 Å². The number of hydrogen-bond acceptors (Lipinski definition) is 3. The molecule has 2 N–H and O–H groups in total. The lowest BCUT2D eigenvalue weighted by molar-refractivity contribution is 0.270. The summed E-state index contributed by atoms with van der Waals surface area (Å²) in [6, 6.07) is 2.76. The maximum Gasteiger partial charge on any atom is 0.139 e. The molecule has 1 aromatic carbocycles. The Balaban J connectivity index is 2.72. The van der Waals surface area contributed by atoms with E-state index < -0.39 is 22.4 Å². The molecule has 19 heavy (non-hydrogen) atoms. The Hall–Kier alpha value is -0.850. The van der Waals surface area contributed by atoms with E-state index in [0.717, 1.165) is 31.2 Å². The Morgan fingerprint density at radius 1 is 1.42 bits per heavy atom. The van der Waals surface area contributed by atoms with Gasteiger partial charge >= 0.3 is 0 Å². The van der Waals surface area contributed by atoms with Gasteiger partial charge in [-0.2, -0.15) is 0 Å². The van der Waals surface area contributed by atoms with Gasteiger partial charge in [0.1, 0.15) is 11.6 Å².